The molecule has 1 saturated carbocycles. The van der Waals surface area contributed by atoms with Crippen molar-refractivity contribution < 1.29 is 9.53 Å². The molecule has 4 heteroatoms. The summed E-state index contributed by atoms with van der Waals surface area (Å²) in [6.07, 6.45) is 3.88. The number of likely N-dealkylation sites (N-methyl/N-ethyl adjacent to an activating group) is 1. The van der Waals surface area contributed by atoms with Crippen molar-refractivity contribution in [3.63, 3.8) is 0 Å². The number of carbonyl (C=O) groups excluding carboxylic acids is 1. The Morgan fingerprint density at radius 3 is 2.80 bits per heavy atom. The van der Waals surface area contributed by atoms with Gasteiger partial charge in [-0.05, 0) is 25.8 Å². The van der Waals surface area contributed by atoms with Gasteiger partial charge in [-0.1, -0.05) is 6.42 Å². The molecule has 0 spiro atoms. The minimum Gasteiger partial charge on any atom is -0.379 e. The molecule has 0 bridgehead atoms. The Morgan fingerprint density at radius 2 is 2.20 bits per heavy atom. The molecule has 0 aromatic rings. The molecule has 86 valence electrons. The number of hydrogen-bond donors (Lipinski definition) is 2. The SMILES string of the molecule is CNC1COCC1C(=O)NCC1CCC1. The lowest BCUT2D eigenvalue weighted by Crippen LogP contribution is -2.44. The first-order valence-corrected chi connectivity index (χ1v) is 5.84. The van der Waals surface area contributed by atoms with E-state index in [4.69, 9.17) is 4.74 Å². The summed E-state index contributed by atoms with van der Waals surface area (Å²) in [7, 11) is 1.88. The van der Waals surface area contributed by atoms with Gasteiger partial charge in [-0.15, -0.1) is 0 Å². The number of carbonyl (C=O) groups is 1. The lowest BCUT2D eigenvalue weighted by Gasteiger charge is -2.26. The smallest absolute Gasteiger partial charge is 0.227 e. The van der Waals surface area contributed by atoms with Gasteiger partial charge in [0.1, 0.15) is 0 Å². The monoisotopic (exact) mass is 212 g/mol. The van der Waals surface area contributed by atoms with Crippen LogP contribution in [0.3, 0.4) is 0 Å². The van der Waals surface area contributed by atoms with Gasteiger partial charge in [-0.25, -0.2) is 0 Å². The lowest BCUT2D eigenvalue weighted by molar-refractivity contribution is -0.125. The Morgan fingerprint density at radius 1 is 1.40 bits per heavy atom. The molecule has 4 nitrogen and oxygen atoms in total. The van der Waals surface area contributed by atoms with Gasteiger partial charge in [0.15, 0.2) is 0 Å². The first-order valence-electron chi connectivity index (χ1n) is 5.84. The minimum absolute atomic E-state index is 0.00456. The van der Waals surface area contributed by atoms with E-state index in [1.807, 2.05) is 7.05 Å². The van der Waals surface area contributed by atoms with Crippen molar-refractivity contribution in [3.8, 4) is 0 Å². The van der Waals surface area contributed by atoms with Gasteiger partial charge in [0.05, 0.1) is 19.1 Å². The highest BCUT2D eigenvalue weighted by Crippen LogP contribution is 2.25. The molecule has 1 aliphatic carbocycles. The summed E-state index contributed by atoms with van der Waals surface area (Å²) in [6, 6.07) is 0.186. The van der Waals surface area contributed by atoms with Crippen LogP contribution in [-0.4, -0.2) is 38.8 Å². The number of hydrogen-bond acceptors (Lipinski definition) is 3. The zero-order chi connectivity index (χ0) is 10.7. The van der Waals surface area contributed by atoms with E-state index in [0.717, 1.165) is 12.5 Å². The quantitative estimate of drug-likeness (QED) is 0.697. The molecule has 1 heterocycles. The van der Waals surface area contributed by atoms with Crippen LogP contribution in [-0.2, 0) is 9.53 Å². The third-order valence-corrected chi connectivity index (χ3v) is 3.58. The van der Waals surface area contributed by atoms with E-state index in [0.29, 0.717) is 13.2 Å². The predicted molar refractivity (Wildman–Crippen MR) is 57.5 cm³/mol. The molecule has 2 N–H and O–H groups in total. The molecule has 15 heavy (non-hydrogen) atoms. The van der Waals surface area contributed by atoms with Gasteiger partial charge >= 0.3 is 0 Å². The van der Waals surface area contributed by atoms with Crippen LogP contribution < -0.4 is 10.6 Å². The van der Waals surface area contributed by atoms with E-state index in [2.05, 4.69) is 10.6 Å². The van der Waals surface area contributed by atoms with Gasteiger partial charge < -0.3 is 15.4 Å². The summed E-state index contributed by atoms with van der Waals surface area (Å²) in [6.45, 7) is 2.06. The molecule has 1 amide bonds. The number of amides is 1. The summed E-state index contributed by atoms with van der Waals surface area (Å²) < 4.78 is 5.31. The van der Waals surface area contributed by atoms with E-state index in [-0.39, 0.29) is 17.9 Å². The lowest BCUT2D eigenvalue weighted by atomic mass is 9.85. The first-order chi connectivity index (χ1) is 7.31. The third-order valence-electron chi connectivity index (χ3n) is 3.58. The zero-order valence-corrected chi connectivity index (χ0v) is 9.29. The Balaban J connectivity index is 1.73. The van der Waals surface area contributed by atoms with Gasteiger partial charge in [-0.2, -0.15) is 0 Å². The van der Waals surface area contributed by atoms with Crippen molar-refractivity contribution in [1.29, 1.82) is 0 Å². The molecule has 1 saturated heterocycles. The van der Waals surface area contributed by atoms with Crippen molar-refractivity contribution in [3.05, 3.63) is 0 Å². The maximum Gasteiger partial charge on any atom is 0.227 e. The number of ether oxygens (including phenoxy) is 1. The van der Waals surface area contributed by atoms with E-state index in [1.165, 1.54) is 19.3 Å². The second-order valence-corrected chi connectivity index (χ2v) is 4.58. The van der Waals surface area contributed by atoms with Gasteiger partial charge in [0.2, 0.25) is 5.91 Å². The van der Waals surface area contributed by atoms with E-state index < -0.39 is 0 Å². The molecule has 1 aliphatic heterocycles. The molecule has 0 aromatic carbocycles. The minimum atomic E-state index is -0.00456. The second-order valence-electron chi connectivity index (χ2n) is 4.58. The molecule has 2 unspecified atom stereocenters. The fourth-order valence-electron chi connectivity index (χ4n) is 2.17. The molecule has 0 aromatic heterocycles. The average molecular weight is 212 g/mol. The Hall–Kier alpha value is -0.610. The van der Waals surface area contributed by atoms with Gasteiger partial charge in [0.25, 0.3) is 0 Å². The average Bonchev–Trinajstić information content (AvgIpc) is 2.62. The number of rotatable bonds is 4. The van der Waals surface area contributed by atoms with Crippen LogP contribution in [0.2, 0.25) is 0 Å². The van der Waals surface area contributed by atoms with Crippen LogP contribution in [0.15, 0.2) is 0 Å². The Kier molecular flexibility index (Phi) is 3.59. The summed E-state index contributed by atoms with van der Waals surface area (Å²) in [5.41, 5.74) is 0. The Labute approximate surface area is 90.8 Å². The highest BCUT2D eigenvalue weighted by Gasteiger charge is 2.33. The molecule has 2 fully saturated rings. The summed E-state index contributed by atoms with van der Waals surface area (Å²) in [5.74, 6) is 0.873. The van der Waals surface area contributed by atoms with Crippen LogP contribution in [0.5, 0.6) is 0 Å². The maximum absolute atomic E-state index is 11.8. The van der Waals surface area contributed by atoms with Crippen LogP contribution >= 0.6 is 0 Å². The highest BCUT2D eigenvalue weighted by molar-refractivity contribution is 5.79. The summed E-state index contributed by atoms with van der Waals surface area (Å²) in [5, 5.41) is 6.16. The van der Waals surface area contributed by atoms with E-state index >= 15 is 0 Å². The van der Waals surface area contributed by atoms with Crippen molar-refractivity contribution in [2.24, 2.45) is 11.8 Å². The van der Waals surface area contributed by atoms with Gasteiger partial charge in [0, 0.05) is 12.6 Å². The summed E-state index contributed by atoms with van der Waals surface area (Å²) >= 11 is 0. The Bertz CT molecular complexity index is 229. The molecule has 2 aliphatic rings. The third kappa shape index (κ3) is 2.49. The van der Waals surface area contributed by atoms with E-state index in [1.54, 1.807) is 0 Å². The molecular formula is C11H20N2O2. The predicted octanol–water partition coefficient (Wildman–Crippen LogP) is 0.137. The topological polar surface area (TPSA) is 50.4 Å². The van der Waals surface area contributed by atoms with Crippen LogP contribution in [0.25, 0.3) is 0 Å². The normalized spacial score (nSPS) is 31.3. The zero-order valence-electron chi connectivity index (χ0n) is 9.29. The second kappa shape index (κ2) is 4.94. The summed E-state index contributed by atoms with van der Waals surface area (Å²) in [4.78, 5) is 11.8. The van der Waals surface area contributed by atoms with Crippen molar-refractivity contribution in [2.75, 3.05) is 26.8 Å². The molecule has 2 rings (SSSR count). The highest BCUT2D eigenvalue weighted by atomic mass is 16.5. The fraction of sp³-hybridized carbons (Fsp3) is 0.909. The van der Waals surface area contributed by atoms with Crippen molar-refractivity contribution in [1.82, 2.24) is 10.6 Å². The molecule has 2 atom stereocenters. The van der Waals surface area contributed by atoms with Crippen LogP contribution in [0.1, 0.15) is 19.3 Å². The van der Waals surface area contributed by atoms with E-state index in [9.17, 15) is 4.79 Å². The largest absolute Gasteiger partial charge is 0.379 e. The van der Waals surface area contributed by atoms with Crippen LogP contribution in [0, 0.1) is 11.8 Å². The number of nitrogens with one attached hydrogen (secondary N) is 2. The van der Waals surface area contributed by atoms with Crippen LogP contribution in [0.4, 0.5) is 0 Å². The van der Waals surface area contributed by atoms with Crippen molar-refractivity contribution in [2.45, 2.75) is 25.3 Å². The molecular weight excluding hydrogens is 192 g/mol. The maximum atomic E-state index is 11.8. The first kappa shape index (κ1) is 10.9. The molecule has 0 radical (unpaired) electrons. The van der Waals surface area contributed by atoms with Crippen molar-refractivity contribution >= 4 is 5.91 Å². The standard InChI is InChI=1S/C11H20N2O2/c1-12-10-7-15-6-9(10)11(14)13-5-8-3-2-4-8/h8-10,12H,2-7H2,1H3,(H,13,14). The fourth-order valence-corrected chi connectivity index (χ4v) is 2.17. The van der Waals surface area contributed by atoms with Gasteiger partial charge in [-0.3, -0.25) is 4.79 Å².